The van der Waals surface area contributed by atoms with E-state index in [-0.39, 0.29) is 12.6 Å². The highest BCUT2D eigenvalue weighted by Gasteiger charge is 2.02. The van der Waals surface area contributed by atoms with E-state index in [0.717, 1.165) is 32.3 Å². The molecule has 48 heavy (non-hydrogen) atoms. The monoisotopic (exact) mass is 698 g/mol. The Kier molecular flexibility index (Phi) is 43.2. The SMILES string of the molecule is CCCCCCCCC(=O)OCCOCCOCCOCCOCCOCCOCCOCCOCCOCCOCCOCCCC. The molecule has 0 N–H and O–H groups in total. The van der Waals surface area contributed by atoms with Gasteiger partial charge in [0.05, 0.1) is 139 Å². The minimum absolute atomic E-state index is 0.143. The third kappa shape index (κ3) is 43.1. The summed E-state index contributed by atoms with van der Waals surface area (Å²) < 4.78 is 65.3. The number of unbranched alkanes of at least 4 members (excludes halogenated alkanes) is 6. The first-order valence-corrected chi connectivity index (χ1v) is 18.3. The van der Waals surface area contributed by atoms with Crippen molar-refractivity contribution in [1.82, 2.24) is 0 Å². The summed E-state index contributed by atoms with van der Waals surface area (Å²) in [6, 6.07) is 0. The van der Waals surface area contributed by atoms with Crippen molar-refractivity contribution in [3.05, 3.63) is 0 Å². The fourth-order valence-corrected chi connectivity index (χ4v) is 3.88. The maximum atomic E-state index is 11.7. The van der Waals surface area contributed by atoms with Crippen LogP contribution in [0.15, 0.2) is 0 Å². The molecule has 13 nitrogen and oxygen atoms in total. The van der Waals surface area contributed by atoms with E-state index >= 15 is 0 Å². The smallest absolute Gasteiger partial charge is 0.305 e. The van der Waals surface area contributed by atoms with Crippen molar-refractivity contribution in [3.63, 3.8) is 0 Å². The normalized spacial score (nSPS) is 11.5. The van der Waals surface area contributed by atoms with Gasteiger partial charge in [-0.2, -0.15) is 0 Å². The molecule has 0 aromatic heterocycles. The van der Waals surface area contributed by atoms with Gasteiger partial charge >= 0.3 is 5.97 Å². The van der Waals surface area contributed by atoms with Gasteiger partial charge in [0.25, 0.3) is 0 Å². The molecule has 0 saturated carbocycles. The van der Waals surface area contributed by atoms with Gasteiger partial charge in [0, 0.05) is 13.0 Å². The second-order valence-corrected chi connectivity index (χ2v) is 10.8. The Hall–Kier alpha value is -0.970. The summed E-state index contributed by atoms with van der Waals surface area (Å²) in [5.74, 6) is -0.143. The third-order valence-electron chi connectivity index (χ3n) is 6.59. The number of hydrogen-bond donors (Lipinski definition) is 0. The van der Waals surface area contributed by atoms with Crippen molar-refractivity contribution in [1.29, 1.82) is 0 Å². The summed E-state index contributed by atoms with van der Waals surface area (Å²) in [5, 5.41) is 0. The van der Waals surface area contributed by atoms with Crippen LogP contribution in [0.4, 0.5) is 0 Å². The largest absolute Gasteiger partial charge is 0.463 e. The van der Waals surface area contributed by atoms with E-state index in [1.54, 1.807) is 0 Å². The minimum Gasteiger partial charge on any atom is -0.463 e. The number of ether oxygens (including phenoxy) is 12. The molecule has 0 amide bonds. The van der Waals surface area contributed by atoms with Crippen LogP contribution in [0.5, 0.6) is 0 Å². The van der Waals surface area contributed by atoms with Crippen molar-refractivity contribution in [3.8, 4) is 0 Å². The van der Waals surface area contributed by atoms with Crippen LogP contribution >= 0.6 is 0 Å². The Bertz CT molecular complexity index is 601. The molecule has 0 heterocycles. The van der Waals surface area contributed by atoms with Crippen LogP contribution in [0.1, 0.15) is 71.6 Å². The molecule has 0 aliphatic heterocycles. The number of rotatable bonds is 43. The predicted octanol–water partition coefficient (Wildman–Crippen LogP) is 4.26. The topological polar surface area (TPSA) is 128 Å². The first kappa shape index (κ1) is 47.0. The Morgan fingerprint density at radius 3 is 0.854 bits per heavy atom. The zero-order chi connectivity index (χ0) is 34.7. The molecular formula is C35H70O13. The van der Waals surface area contributed by atoms with Crippen molar-refractivity contribution in [2.45, 2.75) is 71.6 Å². The van der Waals surface area contributed by atoms with Gasteiger partial charge in [0.15, 0.2) is 0 Å². The lowest BCUT2D eigenvalue weighted by atomic mass is 10.1. The number of carbonyl (C=O) groups is 1. The lowest BCUT2D eigenvalue weighted by molar-refractivity contribution is -0.145. The van der Waals surface area contributed by atoms with E-state index < -0.39 is 0 Å². The molecule has 0 rings (SSSR count). The van der Waals surface area contributed by atoms with Crippen LogP contribution in [0, 0.1) is 0 Å². The second kappa shape index (κ2) is 44.1. The van der Waals surface area contributed by atoms with Crippen molar-refractivity contribution in [2.75, 3.05) is 152 Å². The molecule has 13 heteroatoms. The number of esters is 1. The van der Waals surface area contributed by atoms with Crippen LogP contribution in [0.3, 0.4) is 0 Å². The Morgan fingerprint density at radius 2 is 0.542 bits per heavy atom. The van der Waals surface area contributed by atoms with Crippen LogP contribution in [0.2, 0.25) is 0 Å². The van der Waals surface area contributed by atoms with Gasteiger partial charge in [-0.3, -0.25) is 4.79 Å². The van der Waals surface area contributed by atoms with E-state index in [4.69, 9.17) is 56.8 Å². The molecule has 0 aromatic rings. The highest BCUT2D eigenvalue weighted by molar-refractivity contribution is 5.69. The van der Waals surface area contributed by atoms with E-state index in [1.165, 1.54) is 25.7 Å². The summed E-state index contributed by atoms with van der Waals surface area (Å²) in [6.45, 7) is 16.2. The molecule has 0 atom stereocenters. The van der Waals surface area contributed by atoms with Crippen molar-refractivity contribution in [2.24, 2.45) is 0 Å². The average molecular weight is 699 g/mol. The van der Waals surface area contributed by atoms with Gasteiger partial charge in [-0.05, 0) is 12.8 Å². The average Bonchev–Trinajstić information content (AvgIpc) is 3.09. The standard InChI is InChI=1S/C35H70O13/c1-3-5-7-8-9-10-11-35(36)48-34-33-47-32-31-46-30-29-45-28-27-44-26-25-43-24-23-42-22-21-41-20-19-40-18-17-39-16-15-38-14-13-37-12-6-4-2/h3-34H2,1-2H3. The minimum atomic E-state index is -0.143. The Morgan fingerprint density at radius 1 is 0.292 bits per heavy atom. The molecule has 0 unspecified atom stereocenters. The fraction of sp³-hybridized carbons (Fsp3) is 0.971. The van der Waals surface area contributed by atoms with Gasteiger partial charge in [-0.25, -0.2) is 0 Å². The van der Waals surface area contributed by atoms with Crippen LogP contribution in [-0.2, 0) is 61.6 Å². The first-order valence-electron chi connectivity index (χ1n) is 18.3. The number of hydrogen-bond acceptors (Lipinski definition) is 13. The van der Waals surface area contributed by atoms with Crippen LogP contribution in [0.25, 0.3) is 0 Å². The zero-order valence-electron chi connectivity index (χ0n) is 30.4. The van der Waals surface area contributed by atoms with Gasteiger partial charge in [0.2, 0.25) is 0 Å². The summed E-state index contributed by atoms with van der Waals surface area (Å²) in [5.41, 5.74) is 0. The Labute approximate surface area is 291 Å². The van der Waals surface area contributed by atoms with E-state index in [2.05, 4.69) is 13.8 Å². The van der Waals surface area contributed by atoms with Crippen molar-refractivity contribution >= 4 is 5.97 Å². The van der Waals surface area contributed by atoms with E-state index in [9.17, 15) is 4.79 Å². The highest BCUT2D eigenvalue weighted by Crippen LogP contribution is 2.07. The maximum absolute atomic E-state index is 11.7. The van der Waals surface area contributed by atoms with Crippen LogP contribution < -0.4 is 0 Å². The van der Waals surface area contributed by atoms with Gasteiger partial charge in [-0.1, -0.05) is 52.4 Å². The van der Waals surface area contributed by atoms with E-state index in [0.29, 0.717) is 145 Å². The lowest BCUT2D eigenvalue weighted by Gasteiger charge is -2.09. The van der Waals surface area contributed by atoms with Gasteiger partial charge < -0.3 is 56.8 Å². The fourth-order valence-electron chi connectivity index (χ4n) is 3.88. The van der Waals surface area contributed by atoms with E-state index in [1.807, 2.05) is 0 Å². The maximum Gasteiger partial charge on any atom is 0.305 e. The predicted molar refractivity (Wildman–Crippen MR) is 183 cm³/mol. The highest BCUT2D eigenvalue weighted by atomic mass is 16.6. The first-order chi connectivity index (χ1) is 23.8. The lowest BCUT2D eigenvalue weighted by Crippen LogP contribution is -2.15. The third-order valence-corrected chi connectivity index (χ3v) is 6.59. The summed E-state index contributed by atoms with van der Waals surface area (Å²) >= 11 is 0. The summed E-state index contributed by atoms with van der Waals surface area (Å²) in [4.78, 5) is 11.7. The molecule has 0 aromatic carbocycles. The quantitative estimate of drug-likeness (QED) is 0.0665. The summed E-state index contributed by atoms with van der Waals surface area (Å²) in [6.07, 6.45) is 9.67. The molecule has 0 spiro atoms. The Balaban J connectivity index is 3.09. The molecule has 0 aliphatic rings. The summed E-state index contributed by atoms with van der Waals surface area (Å²) in [7, 11) is 0. The van der Waals surface area contributed by atoms with Gasteiger partial charge in [-0.15, -0.1) is 0 Å². The molecule has 0 radical (unpaired) electrons. The van der Waals surface area contributed by atoms with Crippen molar-refractivity contribution < 1.29 is 61.6 Å². The van der Waals surface area contributed by atoms with Crippen LogP contribution in [-0.4, -0.2) is 158 Å². The molecular weight excluding hydrogens is 628 g/mol. The second-order valence-electron chi connectivity index (χ2n) is 10.8. The number of carbonyl (C=O) groups excluding carboxylic acids is 1. The molecule has 0 saturated heterocycles. The van der Waals surface area contributed by atoms with Gasteiger partial charge in [0.1, 0.15) is 6.61 Å². The molecule has 288 valence electrons. The molecule has 0 fully saturated rings. The molecule has 0 aliphatic carbocycles. The zero-order valence-corrected chi connectivity index (χ0v) is 30.4. The molecule has 0 bridgehead atoms.